The Kier molecular flexibility index (Phi) is 3.03. The van der Waals surface area contributed by atoms with Gasteiger partial charge in [-0.25, -0.2) is 0 Å². The van der Waals surface area contributed by atoms with Crippen LogP contribution in [0.5, 0.6) is 0 Å². The monoisotopic (exact) mass is 177 g/mol. The van der Waals surface area contributed by atoms with Crippen molar-refractivity contribution >= 4 is 0 Å². The number of rotatable bonds is 1. The summed E-state index contributed by atoms with van der Waals surface area (Å²) in [7, 11) is 0. The van der Waals surface area contributed by atoms with Gasteiger partial charge in [0.05, 0.1) is 12.1 Å². The van der Waals surface area contributed by atoms with E-state index in [2.05, 4.69) is 0 Å². The lowest BCUT2D eigenvalue weighted by atomic mass is 9.96. The minimum absolute atomic E-state index is 0.530. The number of ether oxygens (including phenoxy) is 1. The van der Waals surface area contributed by atoms with E-state index < -0.39 is 30.6 Å². The van der Waals surface area contributed by atoms with Crippen LogP contribution in [0.15, 0.2) is 0 Å². The van der Waals surface area contributed by atoms with Crippen LogP contribution in [-0.4, -0.2) is 46.0 Å². The van der Waals surface area contributed by atoms with Crippen molar-refractivity contribution in [2.45, 2.75) is 44.0 Å². The third kappa shape index (κ3) is 1.60. The van der Waals surface area contributed by atoms with Crippen LogP contribution in [0.3, 0.4) is 0 Å². The first-order valence-electron chi connectivity index (χ1n) is 4.03. The fourth-order valence-electron chi connectivity index (χ4n) is 1.30. The van der Waals surface area contributed by atoms with Crippen molar-refractivity contribution in [3.05, 3.63) is 0 Å². The highest BCUT2D eigenvalue weighted by atomic mass is 16.6. The Morgan fingerprint density at radius 1 is 1.25 bits per heavy atom. The van der Waals surface area contributed by atoms with Gasteiger partial charge in [0.1, 0.15) is 12.2 Å². The van der Waals surface area contributed by atoms with Crippen molar-refractivity contribution < 1.29 is 20.1 Å². The third-order valence-electron chi connectivity index (χ3n) is 2.17. The molecule has 12 heavy (non-hydrogen) atoms. The molecule has 0 aromatic heterocycles. The van der Waals surface area contributed by atoms with E-state index in [0.29, 0.717) is 6.42 Å². The molecule has 1 rings (SSSR count). The fourth-order valence-corrected chi connectivity index (χ4v) is 1.30. The van der Waals surface area contributed by atoms with Gasteiger partial charge in [-0.2, -0.15) is 0 Å². The Bertz CT molecular complexity index is 150. The summed E-state index contributed by atoms with van der Waals surface area (Å²) in [6, 6.07) is -0.928. The summed E-state index contributed by atoms with van der Waals surface area (Å²) in [4.78, 5) is 0. The van der Waals surface area contributed by atoms with E-state index >= 15 is 0 Å². The van der Waals surface area contributed by atoms with Crippen LogP contribution >= 0.6 is 0 Å². The standard InChI is InChI=1S/C7H15NO4/c1-2-3-5(9)6(10)4(8)7(11)12-3/h3-7,9-11H,2,8H2,1H3/t3-,4-,5+,6+,7-/m0/s1. The molecule has 0 aromatic rings. The van der Waals surface area contributed by atoms with Crippen molar-refractivity contribution in [2.75, 3.05) is 0 Å². The second-order valence-corrected chi connectivity index (χ2v) is 3.03. The summed E-state index contributed by atoms with van der Waals surface area (Å²) < 4.78 is 4.95. The molecule has 0 amide bonds. The predicted molar refractivity (Wildman–Crippen MR) is 41.2 cm³/mol. The molecule has 0 spiro atoms. The highest BCUT2D eigenvalue weighted by Crippen LogP contribution is 2.20. The van der Waals surface area contributed by atoms with Gasteiger partial charge in [-0.15, -0.1) is 0 Å². The molecule has 0 radical (unpaired) electrons. The molecule has 1 aliphatic rings. The zero-order valence-corrected chi connectivity index (χ0v) is 6.92. The van der Waals surface area contributed by atoms with E-state index in [-0.39, 0.29) is 0 Å². The van der Waals surface area contributed by atoms with Crippen LogP contribution in [-0.2, 0) is 4.74 Å². The van der Waals surface area contributed by atoms with Gasteiger partial charge < -0.3 is 25.8 Å². The normalized spacial score (nSPS) is 49.2. The maximum Gasteiger partial charge on any atom is 0.172 e. The van der Waals surface area contributed by atoms with Crippen LogP contribution in [0.25, 0.3) is 0 Å². The van der Waals surface area contributed by atoms with Crippen molar-refractivity contribution in [3.63, 3.8) is 0 Å². The molecule has 5 nitrogen and oxygen atoms in total. The Hall–Kier alpha value is -0.200. The molecule has 0 unspecified atom stereocenters. The molecular weight excluding hydrogens is 162 g/mol. The molecule has 1 heterocycles. The molecule has 0 aromatic carbocycles. The van der Waals surface area contributed by atoms with Crippen molar-refractivity contribution in [1.82, 2.24) is 0 Å². The highest BCUT2D eigenvalue weighted by Gasteiger charge is 2.40. The molecule has 5 heteroatoms. The van der Waals surface area contributed by atoms with Crippen molar-refractivity contribution in [3.8, 4) is 0 Å². The first-order chi connectivity index (χ1) is 5.57. The topological polar surface area (TPSA) is 95.9 Å². The van der Waals surface area contributed by atoms with E-state index in [1.165, 1.54) is 0 Å². The van der Waals surface area contributed by atoms with Crippen LogP contribution in [0, 0.1) is 0 Å². The van der Waals surface area contributed by atoms with Gasteiger partial charge in [0.2, 0.25) is 0 Å². The second-order valence-electron chi connectivity index (χ2n) is 3.03. The summed E-state index contributed by atoms with van der Waals surface area (Å²) in [6.45, 7) is 1.80. The second kappa shape index (κ2) is 3.68. The third-order valence-corrected chi connectivity index (χ3v) is 2.17. The molecular formula is C7H15NO4. The minimum Gasteiger partial charge on any atom is -0.388 e. The van der Waals surface area contributed by atoms with E-state index in [1.807, 2.05) is 0 Å². The molecule has 5 atom stereocenters. The maximum atomic E-state index is 9.36. The van der Waals surface area contributed by atoms with E-state index in [9.17, 15) is 10.2 Å². The van der Waals surface area contributed by atoms with Gasteiger partial charge in [-0.1, -0.05) is 6.92 Å². The smallest absolute Gasteiger partial charge is 0.172 e. The van der Waals surface area contributed by atoms with Gasteiger partial charge in [-0.3, -0.25) is 0 Å². The van der Waals surface area contributed by atoms with Gasteiger partial charge in [0, 0.05) is 0 Å². The Balaban J connectivity index is 2.63. The minimum atomic E-state index is -1.19. The Labute approximate surface area is 70.8 Å². The van der Waals surface area contributed by atoms with E-state index in [0.717, 1.165) is 0 Å². The SMILES string of the molecule is CC[C@@H]1O[C@H](O)[C@@H](N)[C@@H](O)[C@@H]1O. The number of aliphatic hydroxyl groups is 3. The average Bonchev–Trinajstić information content (AvgIpc) is 2.08. The molecule has 72 valence electrons. The van der Waals surface area contributed by atoms with Crippen LogP contribution < -0.4 is 5.73 Å². The Morgan fingerprint density at radius 3 is 2.33 bits per heavy atom. The zero-order valence-electron chi connectivity index (χ0n) is 6.92. The molecule has 1 fully saturated rings. The number of aliphatic hydroxyl groups excluding tert-OH is 3. The van der Waals surface area contributed by atoms with Crippen molar-refractivity contribution in [1.29, 1.82) is 0 Å². The Morgan fingerprint density at radius 2 is 1.83 bits per heavy atom. The first-order valence-corrected chi connectivity index (χ1v) is 4.03. The van der Waals surface area contributed by atoms with Gasteiger partial charge in [0.25, 0.3) is 0 Å². The quantitative estimate of drug-likeness (QED) is 0.377. The van der Waals surface area contributed by atoms with Gasteiger partial charge in [0.15, 0.2) is 6.29 Å². The largest absolute Gasteiger partial charge is 0.388 e. The lowest BCUT2D eigenvalue weighted by Crippen LogP contribution is -2.60. The number of hydrogen-bond acceptors (Lipinski definition) is 5. The molecule has 0 saturated carbocycles. The van der Waals surface area contributed by atoms with E-state index in [1.54, 1.807) is 6.92 Å². The summed E-state index contributed by atoms with van der Waals surface area (Å²) in [6.07, 6.45) is -3.31. The summed E-state index contributed by atoms with van der Waals surface area (Å²) in [5, 5.41) is 27.8. The summed E-state index contributed by atoms with van der Waals surface area (Å²) in [5.41, 5.74) is 5.34. The fraction of sp³-hybridized carbons (Fsp3) is 1.00. The molecule has 1 aliphatic heterocycles. The predicted octanol–water partition coefficient (Wildman–Crippen LogP) is -1.84. The zero-order chi connectivity index (χ0) is 9.30. The maximum absolute atomic E-state index is 9.36. The summed E-state index contributed by atoms with van der Waals surface area (Å²) in [5.74, 6) is 0. The van der Waals surface area contributed by atoms with Gasteiger partial charge in [-0.05, 0) is 6.42 Å². The van der Waals surface area contributed by atoms with Crippen LogP contribution in [0.1, 0.15) is 13.3 Å². The summed E-state index contributed by atoms with van der Waals surface area (Å²) >= 11 is 0. The molecule has 0 bridgehead atoms. The molecule has 1 saturated heterocycles. The van der Waals surface area contributed by atoms with Crippen LogP contribution in [0.4, 0.5) is 0 Å². The number of nitrogens with two attached hydrogens (primary N) is 1. The lowest BCUT2D eigenvalue weighted by molar-refractivity contribution is -0.242. The van der Waals surface area contributed by atoms with Crippen molar-refractivity contribution in [2.24, 2.45) is 5.73 Å². The average molecular weight is 177 g/mol. The van der Waals surface area contributed by atoms with E-state index in [4.69, 9.17) is 15.6 Å². The number of hydrogen-bond donors (Lipinski definition) is 4. The van der Waals surface area contributed by atoms with Gasteiger partial charge >= 0.3 is 0 Å². The lowest BCUT2D eigenvalue weighted by Gasteiger charge is -2.38. The molecule has 5 N–H and O–H groups in total. The molecule has 0 aliphatic carbocycles. The first kappa shape index (κ1) is 9.88. The van der Waals surface area contributed by atoms with Crippen LogP contribution in [0.2, 0.25) is 0 Å². The highest BCUT2D eigenvalue weighted by molar-refractivity contribution is 4.90.